The lowest BCUT2D eigenvalue weighted by Gasteiger charge is -2.09. The van der Waals surface area contributed by atoms with Crippen molar-refractivity contribution in [1.82, 2.24) is 35.2 Å². The molecule has 0 bridgehead atoms. The molecule has 0 spiro atoms. The van der Waals surface area contributed by atoms with Crippen molar-refractivity contribution in [2.24, 2.45) is 0 Å². The summed E-state index contributed by atoms with van der Waals surface area (Å²) >= 11 is 0. The van der Waals surface area contributed by atoms with E-state index >= 15 is 0 Å². The summed E-state index contributed by atoms with van der Waals surface area (Å²) < 4.78 is 32.6. The molecule has 0 radical (unpaired) electrons. The molecule has 9 nitrogen and oxygen atoms in total. The number of nitrogens with zero attached hydrogens (tertiary/aromatic N) is 8. The Hall–Kier alpha value is -4.33. The molecule has 0 unspecified atom stereocenters. The first-order chi connectivity index (χ1) is 15.0. The molecule has 4 aromatic rings. The Labute approximate surface area is 175 Å². The molecule has 0 aliphatic heterocycles. The zero-order chi connectivity index (χ0) is 21.8. The highest BCUT2D eigenvalue weighted by molar-refractivity contribution is 5.57. The van der Waals surface area contributed by atoms with E-state index in [4.69, 9.17) is 10.00 Å². The van der Waals surface area contributed by atoms with Gasteiger partial charge in [-0.15, -0.1) is 15.3 Å². The van der Waals surface area contributed by atoms with Gasteiger partial charge in [0.15, 0.2) is 5.82 Å². The molecule has 0 saturated carbocycles. The molecular formula is C20H14F2N8O. The number of hydrogen-bond donors (Lipinski definition) is 0. The Morgan fingerprint density at radius 3 is 2.52 bits per heavy atom. The first-order valence-corrected chi connectivity index (χ1v) is 9.04. The van der Waals surface area contributed by atoms with E-state index in [1.54, 1.807) is 37.4 Å². The van der Waals surface area contributed by atoms with E-state index in [9.17, 15) is 8.78 Å². The summed E-state index contributed by atoms with van der Waals surface area (Å²) in [6.07, 6.45) is 0.0517. The molecule has 0 fully saturated rings. The quantitative estimate of drug-likeness (QED) is 0.467. The summed E-state index contributed by atoms with van der Waals surface area (Å²) in [6.45, 7) is 1.83. The minimum Gasteiger partial charge on any atom is -0.470 e. The molecule has 0 aliphatic carbocycles. The molecule has 0 aromatic carbocycles. The number of aromatic nitrogens is 7. The maximum atomic E-state index is 12.7. The van der Waals surface area contributed by atoms with Crippen molar-refractivity contribution in [3.63, 3.8) is 0 Å². The molecule has 4 rings (SSSR count). The fourth-order valence-corrected chi connectivity index (χ4v) is 2.68. The highest BCUT2D eigenvalue weighted by atomic mass is 19.3. The SMILES string of the molecule is Cc1nnn(-c2ccc(C(F)F)cn2)c1COc1ccc(-c2ccc(C#N)nc2)nn1. The third kappa shape index (κ3) is 4.32. The normalized spacial score (nSPS) is 10.8. The minimum atomic E-state index is -2.59. The van der Waals surface area contributed by atoms with Gasteiger partial charge in [0.05, 0.1) is 11.4 Å². The summed E-state index contributed by atoms with van der Waals surface area (Å²) in [5, 5.41) is 25.0. The van der Waals surface area contributed by atoms with Gasteiger partial charge in [-0.1, -0.05) is 5.21 Å². The van der Waals surface area contributed by atoms with Crippen LogP contribution in [0.2, 0.25) is 0 Å². The highest BCUT2D eigenvalue weighted by Gasteiger charge is 2.15. The van der Waals surface area contributed by atoms with Crippen molar-refractivity contribution in [1.29, 1.82) is 5.26 Å². The Balaban J connectivity index is 1.48. The molecule has 154 valence electrons. The molecule has 11 heteroatoms. The summed E-state index contributed by atoms with van der Waals surface area (Å²) in [4.78, 5) is 8.03. The van der Waals surface area contributed by atoms with E-state index in [1.807, 2.05) is 6.07 Å². The number of rotatable bonds is 6. The van der Waals surface area contributed by atoms with Crippen LogP contribution in [-0.2, 0) is 6.61 Å². The molecule has 4 aromatic heterocycles. The van der Waals surface area contributed by atoms with Crippen molar-refractivity contribution in [3.05, 3.63) is 71.4 Å². The van der Waals surface area contributed by atoms with Crippen LogP contribution in [0.15, 0.2) is 48.8 Å². The van der Waals surface area contributed by atoms with Gasteiger partial charge in [-0.25, -0.2) is 18.7 Å². The van der Waals surface area contributed by atoms with Gasteiger partial charge >= 0.3 is 0 Å². The highest BCUT2D eigenvalue weighted by Crippen LogP contribution is 2.20. The molecule has 0 N–H and O–H groups in total. The van der Waals surface area contributed by atoms with Crippen LogP contribution >= 0.6 is 0 Å². The minimum absolute atomic E-state index is 0.0730. The van der Waals surface area contributed by atoms with Crippen molar-refractivity contribution >= 4 is 0 Å². The third-order valence-corrected chi connectivity index (χ3v) is 4.37. The van der Waals surface area contributed by atoms with E-state index in [1.165, 1.54) is 16.8 Å². The fourth-order valence-electron chi connectivity index (χ4n) is 2.68. The van der Waals surface area contributed by atoms with Crippen LogP contribution in [0.5, 0.6) is 5.88 Å². The number of nitriles is 1. The van der Waals surface area contributed by atoms with Crippen molar-refractivity contribution in [2.75, 3.05) is 0 Å². The first kappa shape index (κ1) is 20.0. The zero-order valence-electron chi connectivity index (χ0n) is 16.1. The van der Waals surface area contributed by atoms with Crippen LogP contribution in [0.25, 0.3) is 17.1 Å². The van der Waals surface area contributed by atoms with E-state index < -0.39 is 6.43 Å². The largest absolute Gasteiger partial charge is 0.470 e. The summed E-state index contributed by atoms with van der Waals surface area (Å²) in [5.41, 5.74) is 2.64. The van der Waals surface area contributed by atoms with Crippen LogP contribution in [0, 0.1) is 18.3 Å². The molecule has 0 saturated heterocycles. The predicted octanol–water partition coefficient (Wildman–Crippen LogP) is 3.21. The number of ether oxygens (including phenoxy) is 1. The number of halogens is 2. The van der Waals surface area contributed by atoms with Gasteiger partial charge in [-0.05, 0) is 37.3 Å². The molecule has 0 aliphatic rings. The van der Waals surface area contributed by atoms with E-state index in [2.05, 4.69) is 30.5 Å². The maximum Gasteiger partial charge on any atom is 0.265 e. The lowest BCUT2D eigenvalue weighted by molar-refractivity contribution is 0.151. The number of alkyl halides is 2. The number of hydrogen-bond acceptors (Lipinski definition) is 8. The Bertz CT molecular complexity index is 1220. The van der Waals surface area contributed by atoms with Crippen molar-refractivity contribution in [3.8, 4) is 29.0 Å². The van der Waals surface area contributed by atoms with Crippen LogP contribution in [0.3, 0.4) is 0 Å². The predicted molar refractivity (Wildman–Crippen MR) is 103 cm³/mol. The van der Waals surface area contributed by atoms with Crippen LogP contribution < -0.4 is 4.74 Å². The molecular weight excluding hydrogens is 406 g/mol. The van der Waals surface area contributed by atoms with Crippen LogP contribution in [0.1, 0.15) is 29.1 Å². The van der Waals surface area contributed by atoms with Gasteiger partial charge in [0, 0.05) is 29.6 Å². The Morgan fingerprint density at radius 2 is 1.90 bits per heavy atom. The average Bonchev–Trinajstić information content (AvgIpc) is 3.18. The second-order valence-electron chi connectivity index (χ2n) is 6.37. The first-order valence-electron chi connectivity index (χ1n) is 9.04. The number of pyridine rings is 2. The topological polar surface area (TPSA) is 115 Å². The van der Waals surface area contributed by atoms with E-state index in [-0.39, 0.29) is 18.1 Å². The second kappa shape index (κ2) is 8.58. The lowest BCUT2D eigenvalue weighted by Crippen LogP contribution is -2.09. The summed E-state index contributed by atoms with van der Waals surface area (Å²) in [5.74, 6) is 0.622. The van der Waals surface area contributed by atoms with E-state index in [0.717, 1.165) is 11.8 Å². The van der Waals surface area contributed by atoms with Gasteiger partial charge in [0.2, 0.25) is 5.88 Å². The average molecular weight is 420 g/mol. The molecule has 4 heterocycles. The molecule has 31 heavy (non-hydrogen) atoms. The Morgan fingerprint density at radius 1 is 1.03 bits per heavy atom. The molecule has 0 amide bonds. The van der Waals surface area contributed by atoms with E-state index in [0.29, 0.717) is 28.6 Å². The van der Waals surface area contributed by atoms with Gasteiger partial charge in [0.25, 0.3) is 6.43 Å². The zero-order valence-corrected chi connectivity index (χ0v) is 16.1. The standard InChI is InChI=1S/C20H14F2N8O/c1-12-17(30(29-26-12)18-6-3-14(10-25-18)20(21)22)11-31-19-7-5-16(27-28-19)13-2-4-15(8-23)24-9-13/h2-7,9-10,20H,11H2,1H3. The van der Waals surface area contributed by atoms with Gasteiger partial charge in [-0.3, -0.25) is 0 Å². The monoisotopic (exact) mass is 420 g/mol. The maximum absolute atomic E-state index is 12.7. The Kier molecular flexibility index (Phi) is 5.53. The van der Waals surface area contributed by atoms with Crippen LogP contribution in [0.4, 0.5) is 8.78 Å². The van der Waals surface area contributed by atoms with Gasteiger partial charge < -0.3 is 4.74 Å². The summed E-state index contributed by atoms with van der Waals surface area (Å²) in [6, 6.07) is 11.4. The van der Waals surface area contributed by atoms with Crippen molar-refractivity contribution < 1.29 is 13.5 Å². The van der Waals surface area contributed by atoms with Crippen molar-refractivity contribution in [2.45, 2.75) is 20.0 Å². The second-order valence-corrected chi connectivity index (χ2v) is 6.37. The van der Waals surface area contributed by atoms with Gasteiger partial charge in [-0.2, -0.15) is 9.94 Å². The lowest BCUT2D eigenvalue weighted by atomic mass is 10.2. The van der Waals surface area contributed by atoms with Gasteiger partial charge in [0.1, 0.15) is 24.1 Å². The number of aryl methyl sites for hydroxylation is 1. The summed E-state index contributed by atoms with van der Waals surface area (Å²) in [7, 11) is 0. The smallest absolute Gasteiger partial charge is 0.265 e. The fraction of sp³-hybridized carbons (Fsp3) is 0.150. The van der Waals surface area contributed by atoms with Crippen LogP contribution in [-0.4, -0.2) is 35.2 Å². The third-order valence-electron chi connectivity index (χ3n) is 4.37. The molecule has 0 atom stereocenters.